The van der Waals surface area contributed by atoms with Crippen molar-refractivity contribution in [2.75, 3.05) is 13.1 Å². The quantitative estimate of drug-likeness (QED) is 0.852. The fourth-order valence-electron chi connectivity index (χ4n) is 3.90. The van der Waals surface area contributed by atoms with Crippen molar-refractivity contribution in [1.82, 2.24) is 25.5 Å². The van der Waals surface area contributed by atoms with Crippen LogP contribution in [0, 0.1) is 11.8 Å². The van der Waals surface area contributed by atoms with Gasteiger partial charge in [-0.1, -0.05) is 12.1 Å². The number of carboxylic acids is 1. The molecule has 7 nitrogen and oxygen atoms in total. The average molecular weight is 279 g/mol. The number of carboxylic acid groups (broad SMARTS) is 1. The van der Waals surface area contributed by atoms with E-state index in [-0.39, 0.29) is 6.04 Å². The Bertz CT molecular complexity index is 463. The lowest BCUT2D eigenvalue weighted by molar-refractivity contribution is -0.147. The fraction of sp³-hybridized carbons (Fsp3) is 0.846. The largest absolute Gasteiger partial charge is 0.480 e. The molecule has 1 aliphatic carbocycles. The van der Waals surface area contributed by atoms with Crippen molar-refractivity contribution < 1.29 is 9.90 Å². The summed E-state index contributed by atoms with van der Waals surface area (Å²) in [5.41, 5.74) is 0. The number of fused-ring (bicyclic) bond motifs is 1. The monoisotopic (exact) mass is 279 g/mol. The fourth-order valence-corrected chi connectivity index (χ4v) is 3.90. The molecule has 0 radical (unpaired) electrons. The predicted molar refractivity (Wildman–Crippen MR) is 71.0 cm³/mol. The number of hydrogen-bond acceptors (Lipinski definition) is 5. The van der Waals surface area contributed by atoms with E-state index < -0.39 is 5.97 Å². The molecule has 20 heavy (non-hydrogen) atoms. The van der Waals surface area contributed by atoms with E-state index in [2.05, 4.69) is 25.5 Å². The topological polar surface area (TPSA) is 95.0 Å². The zero-order valence-corrected chi connectivity index (χ0v) is 11.7. The number of hydrogen-bond donors (Lipinski definition) is 2. The zero-order valence-electron chi connectivity index (χ0n) is 11.7. The van der Waals surface area contributed by atoms with Gasteiger partial charge in [0, 0.05) is 12.5 Å². The van der Waals surface area contributed by atoms with Gasteiger partial charge in [-0.15, -0.1) is 10.2 Å². The first kappa shape index (κ1) is 13.5. The van der Waals surface area contributed by atoms with E-state index in [9.17, 15) is 9.90 Å². The minimum Gasteiger partial charge on any atom is -0.480 e. The lowest BCUT2D eigenvalue weighted by Crippen LogP contribution is -2.52. The summed E-state index contributed by atoms with van der Waals surface area (Å²) in [7, 11) is 0. The normalized spacial score (nSPS) is 34.6. The maximum atomic E-state index is 11.4. The van der Waals surface area contributed by atoms with Crippen LogP contribution in [0.25, 0.3) is 0 Å². The highest BCUT2D eigenvalue weighted by molar-refractivity contribution is 5.73. The van der Waals surface area contributed by atoms with Crippen LogP contribution in [0.5, 0.6) is 0 Å². The average Bonchev–Trinajstić information content (AvgIpc) is 2.99. The van der Waals surface area contributed by atoms with Crippen molar-refractivity contribution in [2.45, 2.75) is 44.6 Å². The molecule has 110 valence electrons. The Morgan fingerprint density at radius 3 is 2.90 bits per heavy atom. The molecule has 2 aliphatic rings. The summed E-state index contributed by atoms with van der Waals surface area (Å²) in [6, 6.07) is -0.328. The Morgan fingerprint density at radius 1 is 1.40 bits per heavy atom. The van der Waals surface area contributed by atoms with Crippen LogP contribution in [-0.4, -0.2) is 55.7 Å². The van der Waals surface area contributed by atoms with Gasteiger partial charge < -0.3 is 5.11 Å². The first-order chi connectivity index (χ1) is 9.69. The molecule has 2 heterocycles. The molecule has 1 saturated carbocycles. The lowest BCUT2D eigenvalue weighted by Gasteiger charge is -2.45. The Hall–Kier alpha value is -1.50. The molecule has 2 fully saturated rings. The van der Waals surface area contributed by atoms with Crippen LogP contribution >= 0.6 is 0 Å². The number of rotatable bonds is 3. The second kappa shape index (κ2) is 5.47. The summed E-state index contributed by atoms with van der Waals surface area (Å²) in [6.07, 6.45) is 3.95. The Labute approximate surface area is 117 Å². The molecule has 2 N–H and O–H groups in total. The molecular formula is C13H21N5O2. The van der Waals surface area contributed by atoms with Crippen LogP contribution in [-0.2, 0) is 4.79 Å². The highest BCUT2D eigenvalue weighted by atomic mass is 16.4. The predicted octanol–water partition coefficient (Wildman–Crippen LogP) is 0.878. The third-order valence-electron chi connectivity index (χ3n) is 4.99. The van der Waals surface area contributed by atoms with Crippen molar-refractivity contribution in [2.24, 2.45) is 11.8 Å². The summed E-state index contributed by atoms with van der Waals surface area (Å²) in [5, 5.41) is 23.7. The van der Waals surface area contributed by atoms with Crippen molar-refractivity contribution in [1.29, 1.82) is 0 Å². The summed E-state index contributed by atoms with van der Waals surface area (Å²) < 4.78 is 0. The van der Waals surface area contributed by atoms with Crippen LogP contribution < -0.4 is 0 Å². The Kier molecular flexibility index (Phi) is 3.69. The van der Waals surface area contributed by atoms with Crippen molar-refractivity contribution in [3.05, 3.63) is 5.82 Å². The van der Waals surface area contributed by atoms with Gasteiger partial charge in [-0.2, -0.15) is 5.21 Å². The summed E-state index contributed by atoms with van der Waals surface area (Å²) >= 11 is 0. The number of nitrogens with one attached hydrogen (secondary N) is 1. The Balaban J connectivity index is 1.71. The molecule has 4 atom stereocenters. The van der Waals surface area contributed by atoms with Crippen LogP contribution in [0.3, 0.4) is 0 Å². The minimum absolute atomic E-state index is 0.328. The molecule has 3 rings (SSSR count). The summed E-state index contributed by atoms with van der Waals surface area (Å²) in [4.78, 5) is 13.5. The number of likely N-dealkylation sites (tertiary alicyclic amines) is 1. The summed E-state index contributed by atoms with van der Waals surface area (Å²) in [5.74, 6) is 1.52. The van der Waals surface area contributed by atoms with E-state index >= 15 is 0 Å². The van der Waals surface area contributed by atoms with Crippen LogP contribution in [0.2, 0.25) is 0 Å². The SMILES string of the molecule is CCN1CC2CCC(c3nn[nH]n3)CC2CC1C(=O)O. The van der Waals surface area contributed by atoms with Gasteiger partial charge in [-0.3, -0.25) is 9.69 Å². The number of likely N-dealkylation sites (N-methyl/N-ethyl adjacent to an activating group) is 1. The van der Waals surface area contributed by atoms with Crippen molar-refractivity contribution >= 4 is 5.97 Å². The highest BCUT2D eigenvalue weighted by Gasteiger charge is 2.42. The van der Waals surface area contributed by atoms with Gasteiger partial charge in [0.2, 0.25) is 0 Å². The number of H-pyrrole nitrogens is 1. The second-order valence-corrected chi connectivity index (χ2v) is 5.98. The number of aromatic nitrogens is 4. The molecule has 0 spiro atoms. The van der Waals surface area contributed by atoms with Crippen LogP contribution in [0.1, 0.15) is 44.3 Å². The first-order valence-corrected chi connectivity index (χ1v) is 7.39. The number of tetrazole rings is 1. The van der Waals surface area contributed by atoms with Gasteiger partial charge in [0.15, 0.2) is 5.82 Å². The van der Waals surface area contributed by atoms with Gasteiger partial charge in [0.1, 0.15) is 6.04 Å². The molecule has 1 aromatic rings. The summed E-state index contributed by atoms with van der Waals surface area (Å²) in [6.45, 7) is 3.77. The van der Waals surface area contributed by atoms with Gasteiger partial charge >= 0.3 is 5.97 Å². The molecule has 1 aliphatic heterocycles. The first-order valence-electron chi connectivity index (χ1n) is 7.39. The molecular weight excluding hydrogens is 258 g/mol. The molecule has 1 aromatic heterocycles. The molecule has 0 bridgehead atoms. The standard InChI is InChI=1S/C13H21N5O2/c1-2-18-7-9-4-3-8(12-14-16-17-15-12)5-10(9)6-11(18)13(19)20/h8-11H,2-7H2,1H3,(H,19,20)(H,14,15,16,17). The third-order valence-corrected chi connectivity index (χ3v) is 4.99. The van der Waals surface area contributed by atoms with Crippen molar-refractivity contribution in [3.8, 4) is 0 Å². The molecule has 0 amide bonds. The van der Waals surface area contributed by atoms with Gasteiger partial charge in [-0.25, -0.2) is 0 Å². The van der Waals surface area contributed by atoms with E-state index in [1.54, 1.807) is 0 Å². The number of carbonyl (C=O) groups is 1. The molecule has 1 saturated heterocycles. The lowest BCUT2D eigenvalue weighted by atomic mass is 9.69. The second-order valence-electron chi connectivity index (χ2n) is 5.98. The number of aliphatic carboxylic acids is 1. The van der Waals surface area contributed by atoms with E-state index in [1.807, 2.05) is 6.92 Å². The zero-order chi connectivity index (χ0) is 14.1. The van der Waals surface area contributed by atoms with Crippen molar-refractivity contribution in [3.63, 3.8) is 0 Å². The Morgan fingerprint density at radius 2 is 2.25 bits per heavy atom. The van der Waals surface area contributed by atoms with Gasteiger partial charge in [0.05, 0.1) is 0 Å². The molecule has 4 unspecified atom stereocenters. The maximum Gasteiger partial charge on any atom is 0.320 e. The van der Waals surface area contributed by atoms with Crippen LogP contribution in [0.15, 0.2) is 0 Å². The third kappa shape index (κ3) is 2.42. The molecule has 7 heteroatoms. The van der Waals surface area contributed by atoms with Gasteiger partial charge in [0.25, 0.3) is 0 Å². The smallest absolute Gasteiger partial charge is 0.320 e. The van der Waals surface area contributed by atoms with E-state index in [0.717, 1.165) is 44.6 Å². The van der Waals surface area contributed by atoms with Crippen LogP contribution in [0.4, 0.5) is 0 Å². The number of nitrogens with zero attached hydrogens (tertiary/aromatic N) is 4. The number of piperidine rings is 1. The number of aromatic amines is 1. The maximum absolute atomic E-state index is 11.4. The van der Waals surface area contributed by atoms with E-state index in [4.69, 9.17) is 0 Å². The minimum atomic E-state index is -0.688. The van der Waals surface area contributed by atoms with E-state index in [0.29, 0.717) is 17.8 Å². The van der Waals surface area contributed by atoms with E-state index in [1.165, 1.54) is 0 Å². The molecule has 0 aromatic carbocycles. The highest BCUT2D eigenvalue weighted by Crippen LogP contribution is 2.43. The van der Waals surface area contributed by atoms with Gasteiger partial charge in [-0.05, 0) is 44.1 Å².